The zero-order chi connectivity index (χ0) is 25.9. The van der Waals surface area contributed by atoms with Gasteiger partial charge in [-0.1, -0.05) is 30.9 Å². The summed E-state index contributed by atoms with van der Waals surface area (Å²) in [4.78, 5) is 10.9. The van der Waals surface area contributed by atoms with Crippen LogP contribution in [0.1, 0.15) is 25.3 Å². The second kappa shape index (κ2) is 10.7. The summed E-state index contributed by atoms with van der Waals surface area (Å²) in [7, 11) is 4.19. The third kappa shape index (κ3) is 5.19. The van der Waals surface area contributed by atoms with E-state index in [-0.39, 0.29) is 5.13 Å². The van der Waals surface area contributed by atoms with Gasteiger partial charge in [-0.2, -0.15) is 9.49 Å². The van der Waals surface area contributed by atoms with Gasteiger partial charge in [-0.05, 0) is 87.4 Å². The number of thiophene rings is 1. The minimum absolute atomic E-state index is 0.209. The van der Waals surface area contributed by atoms with E-state index in [1.165, 1.54) is 11.6 Å². The molecule has 0 amide bonds. The lowest BCUT2D eigenvalue weighted by Gasteiger charge is -2.10. The number of nitrogens with zero attached hydrogens (tertiary/aromatic N) is 3. The molecular formula is C30H30FN5S. The first-order valence-electron chi connectivity index (χ1n) is 12.3. The van der Waals surface area contributed by atoms with Crippen molar-refractivity contribution < 1.29 is 4.39 Å². The van der Waals surface area contributed by atoms with Crippen molar-refractivity contribution in [2.45, 2.75) is 19.8 Å². The fraction of sp³-hybridized carbons (Fsp3) is 0.200. The SMILES string of the molecule is C=C/C(=C\C(=C/C)c1ccc2[nH]nc(-c3cc4c(-c5ccc(F)s5)cncc4[nH]3)c2c1)CCCN(C)C. The Morgan fingerprint density at radius 1 is 1.11 bits per heavy atom. The van der Waals surface area contributed by atoms with Crippen molar-refractivity contribution in [1.82, 2.24) is 25.1 Å². The Balaban J connectivity index is 1.52. The second-order valence-corrected chi connectivity index (χ2v) is 10.4. The molecule has 0 spiro atoms. The summed E-state index contributed by atoms with van der Waals surface area (Å²) in [6.07, 6.45) is 12.0. The molecule has 0 radical (unpaired) electrons. The fourth-order valence-corrected chi connectivity index (χ4v) is 5.35. The van der Waals surface area contributed by atoms with Crippen LogP contribution in [0.3, 0.4) is 0 Å². The molecule has 4 aromatic heterocycles. The molecule has 37 heavy (non-hydrogen) atoms. The largest absolute Gasteiger partial charge is 0.352 e. The normalized spacial score (nSPS) is 12.8. The average Bonchev–Trinajstić information content (AvgIpc) is 3.62. The highest BCUT2D eigenvalue weighted by Crippen LogP contribution is 2.36. The van der Waals surface area contributed by atoms with Gasteiger partial charge in [0.25, 0.3) is 0 Å². The quantitative estimate of drug-likeness (QED) is 0.198. The Kier molecular flexibility index (Phi) is 7.17. The number of aromatic nitrogens is 4. The number of aromatic amines is 2. The monoisotopic (exact) mass is 511 g/mol. The highest BCUT2D eigenvalue weighted by molar-refractivity contribution is 7.14. The van der Waals surface area contributed by atoms with Crippen LogP contribution in [-0.4, -0.2) is 45.7 Å². The van der Waals surface area contributed by atoms with E-state index in [1.54, 1.807) is 18.5 Å². The van der Waals surface area contributed by atoms with Crippen LogP contribution in [0.15, 0.2) is 79.2 Å². The van der Waals surface area contributed by atoms with E-state index in [1.807, 2.05) is 6.08 Å². The van der Waals surface area contributed by atoms with E-state index in [9.17, 15) is 4.39 Å². The average molecular weight is 512 g/mol. The van der Waals surface area contributed by atoms with Gasteiger partial charge in [-0.3, -0.25) is 10.1 Å². The summed E-state index contributed by atoms with van der Waals surface area (Å²) >= 11 is 1.12. The van der Waals surface area contributed by atoms with Crippen LogP contribution in [0.4, 0.5) is 4.39 Å². The van der Waals surface area contributed by atoms with Crippen molar-refractivity contribution >= 4 is 38.7 Å². The lowest BCUT2D eigenvalue weighted by Crippen LogP contribution is -2.12. The van der Waals surface area contributed by atoms with Crippen molar-refractivity contribution in [3.8, 4) is 21.8 Å². The van der Waals surface area contributed by atoms with Crippen molar-refractivity contribution in [3.05, 3.63) is 89.9 Å². The van der Waals surface area contributed by atoms with Gasteiger partial charge in [0.2, 0.25) is 0 Å². The summed E-state index contributed by atoms with van der Waals surface area (Å²) < 4.78 is 13.7. The van der Waals surface area contributed by atoms with Crippen LogP contribution >= 0.6 is 11.3 Å². The number of H-pyrrole nitrogens is 2. The Morgan fingerprint density at radius 2 is 1.97 bits per heavy atom. The highest BCUT2D eigenvalue weighted by Gasteiger charge is 2.15. The van der Waals surface area contributed by atoms with E-state index in [4.69, 9.17) is 0 Å². The molecule has 1 aromatic carbocycles. The fourth-order valence-electron chi connectivity index (χ4n) is 4.60. The Labute approximate surface area is 220 Å². The molecule has 0 aliphatic heterocycles. The Hall–Kier alpha value is -3.81. The molecule has 0 unspecified atom stereocenters. The van der Waals surface area contributed by atoms with Gasteiger partial charge in [0.15, 0.2) is 5.13 Å². The molecule has 0 aliphatic rings. The van der Waals surface area contributed by atoms with Crippen LogP contribution in [0, 0.1) is 5.13 Å². The standard InChI is InChI=1S/C30H30FN5S/c1-5-19(8-7-13-36(3)4)14-20(6-2)21-9-10-25-23(15-21)30(35-34-25)26-16-22-24(17-32-18-27(22)33-26)28-11-12-29(31)37-28/h5-6,9-12,14-18,33H,1,7-8,13H2,2-4H3,(H,34,35)/b19-14+,20-6+. The van der Waals surface area contributed by atoms with Gasteiger partial charge in [0.05, 0.1) is 22.9 Å². The number of hydrogen-bond acceptors (Lipinski definition) is 4. The predicted octanol–water partition coefficient (Wildman–Crippen LogP) is 7.83. The molecule has 0 bridgehead atoms. The number of benzene rings is 1. The predicted molar refractivity (Wildman–Crippen MR) is 154 cm³/mol. The van der Waals surface area contributed by atoms with Crippen molar-refractivity contribution in [1.29, 1.82) is 0 Å². The minimum atomic E-state index is -0.209. The van der Waals surface area contributed by atoms with Gasteiger partial charge in [-0.25, -0.2) is 0 Å². The van der Waals surface area contributed by atoms with Gasteiger partial charge in [0, 0.05) is 27.4 Å². The smallest absolute Gasteiger partial charge is 0.176 e. The second-order valence-electron chi connectivity index (χ2n) is 9.34. The minimum Gasteiger partial charge on any atom is -0.352 e. The van der Waals surface area contributed by atoms with Crippen LogP contribution in [0.25, 0.3) is 49.2 Å². The zero-order valence-corrected chi connectivity index (χ0v) is 22.1. The van der Waals surface area contributed by atoms with Crippen LogP contribution in [0.5, 0.6) is 0 Å². The summed E-state index contributed by atoms with van der Waals surface area (Å²) in [5.41, 5.74) is 7.98. The lowest BCUT2D eigenvalue weighted by molar-refractivity contribution is 0.400. The first-order valence-corrected chi connectivity index (χ1v) is 13.1. The maximum atomic E-state index is 13.7. The summed E-state index contributed by atoms with van der Waals surface area (Å²) in [5.74, 6) is 0. The molecule has 5 aromatic rings. The van der Waals surface area contributed by atoms with Crippen LogP contribution in [-0.2, 0) is 0 Å². The molecule has 5 rings (SSSR count). The summed E-state index contributed by atoms with van der Waals surface area (Å²) in [5, 5.41) is 9.62. The third-order valence-corrected chi connectivity index (χ3v) is 7.43. The molecule has 0 atom stereocenters. The Bertz CT molecular complexity index is 1630. The van der Waals surface area contributed by atoms with E-state index in [0.717, 1.165) is 85.5 Å². The highest BCUT2D eigenvalue weighted by atomic mass is 32.1. The molecule has 188 valence electrons. The third-order valence-electron chi connectivity index (χ3n) is 6.52. The Morgan fingerprint density at radius 3 is 2.70 bits per heavy atom. The first-order chi connectivity index (χ1) is 18.0. The van der Waals surface area contributed by atoms with E-state index < -0.39 is 0 Å². The van der Waals surface area contributed by atoms with E-state index in [2.05, 4.69) is 89.1 Å². The van der Waals surface area contributed by atoms with E-state index in [0.29, 0.717) is 0 Å². The number of hydrogen-bond donors (Lipinski definition) is 2. The summed E-state index contributed by atoms with van der Waals surface area (Å²) in [6.45, 7) is 7.14. The van der Waals surface area contributed by atoms with Crippen molar-refractivity contribution in [3.63, 3.8) is 0 Å². The van der Waals surface area contributed by atoms with Gasteiger partial charge >= 0.3 is 0 Å². The van der Waals surface area contributed by atoms with Crippen LogP contribution < -0.4 is 0 Å². The first kappa shape index (κ1) is 24.9. The molecule has 4 heterocycles. The maximum Gasteiger partial charge on any atom is 0.176 e. The molecule has 5 nitrogen and oxygen atoms in total. The zero-order valence-electron chi connectivity index (χ0n) is 21.3. The number of nitrogens with one attached hydrogen (secondary N) is 2. The molecule has 0 aliphatic carbocycles. The van der Waals surface area contributed by atoms with Gasteiger partial charge in [0.1, 0.15) is 5.69 Å². The molecular weight excluding hydrogens is 481 g/mol. The summed E-state index contributed by atoms with van der Waals surface area (Å²) in [6, 6.07) is 11.7. The van der Waals surface area contributed by atoms with E-state index >= 15 is 0 Å². The van der Waals surface area contributed by atoms with Gasteiger partial charge in [-0.15, -0.1) is 11.3 Å². The molecule has 0 saturated heterocycles. The van der Waals surface area contributed by atoms with Crippen molar-refractivity contribution in [2.24, 2.45) is 0 Å². The number of allylic oxidation sites excluding steroid dienone is 5. The number of halogens is 1. The molecule has 0 saturated carbocycles. The molecule has 2 N–H and O–H groups in total. The number of rotatable bonds is 9. The molecule has 0 fully saturated rings. The van der Waals surface area contributed by atoms with Crippen LogP contribution in [0.2, 0.25) is 0 Å². The van der Waals surface area contributed by atoms with Crippen molar-refractivity contribution in [2.75, 3.05) is 20.6 Å². The number of pyridine rings is 1. The topological polar surface area (TPSA) is 60.6 Å². The lowest BCUT2D eigenvalue weighted by atomic mass is 9.98. The maximum absolute atomic E-state index is 13.7. The molecule has 7 heteroatoms. The van der Waals surface area contributed by atoms with Gasteiger partial charge < -0.3 is 9.88 Å². The number of fused-ring (bicyclic) bond motifs is 2.